The lowest BCUT2D eigenvalue weighted by atomic mass is 10.1. The Morgan fingerprint density at radius 3 is 2.90 bits per heavy atom. The summed E-state index contributed by atoms with van der Waals surface area (Å²) in [5, 5.41) is -0.0443. The summed E-state index contributed by atoms with van der Waals surface area (Å²) < 4.78 is 18.5. The van der Waals surface area contributed by atoms with Crippen molar-refractivity contribution in [1.82, 2.24) is 9.97 Å². The molecule has 0 aliphatic rings. The zero-order chi connectivity index (χ0) is 15.4. The molecule has 0 saturated carbocycles. The number of hydrogen-bond donors (Lipinski definition) is 0. The standard InChI is InChI=1S/C14H13ClFN3O2/c1-3-19(14(20)21-2)10-6-4-5-9(7-10)12-11(16)8-17-13(15)18-12/h4-8H,3H2,1-2H3. The van der Waals surface area contributed by atoms with Gasteiger partial charge in [-0.25, -0.2) is 19.2 Å². The molecule has 2 rings (SSSR count). The largest absolute Gasteiger partial charge is 0.452 e. The number of carbonyl (C=O) groups is 1. The number of methoxy groups -OCH3 is 1. The molecule has 0 radical (unpaired) electrons. The molecule has 2 aromatic rings. The van der Waals surface area contributed by atoms with Crippen LogP contribution in [-0.2, 0) is 4.74 Å². The van der Waals surface area contributed by atoms with Crippen LogP contribution in [0.25, 0.3) is 11.3 Å². The third-order valence-electron chi connectivity index (χ3n) is 2.86. The molecule has 0 aliphatic heterocycles. The first-order valence-corrected chi connectivity index (χ1v) is 6.58. The summed E-state index contributed by atoms with van der Waals surface area (Å²) in [4.78, 5) is 20.6. The Bertz CT molecular complexity index is 666. The summed E-state index contributed by atoms with van der Waals surface area (Å²) in [6, 6.07) is 6.74. The Labute approximate surface area is 126 Å². The van der Waals surface area contributed by atoms with Gasteiger partial charge in [0.15, 0.2) is 5.82 Å². The molecule has 0 atom stereocenters. The highest BCUT2D eigenvalue weighted by atomic mass is 35.5. The van der Waals surface area contributed by atoms with Gasteiger partial charge in [0.1, 0.15) is 5.69 Å². The molecule has 0 fully saturated rings. The normalized spacial score (nSPS) is 10.3. The summed E-state index contributed by atoms with van der Waals surface area (Å²) >= 11 is 5.70. The average molecular weight is 310 g/mol. The van der Waals surface area contributed by atoms with Gasteiger partial charge >= 0.3 is 6.09 Å². The van der Waals surface area contributed by atoms with Gasteiger partial charge in [-0.05, 0) is 30.7 Å². The van der Waals surface area contributed by atoms with Crippen molar-refractivity contribution < 1.29 is 13.9 Å². The van der Waals surface area contributed by atoms with E-state index < -0.39 is 11.9 Å². The topological polar surface area (TPSA) is 55.3 Å². The van der Waals surface area contributed by atoms with E-state index in [2.05, 4.69) is 9.97 Å². The second-order valence-corrected chi connectivity index (χ2v) is 4.44. The van der Waals surface area contributed by atoms with Gasteiger partial charge in [-0.15, -0.1) is 0 Å². The van der Waals surface area contributed by atoms with Crippen molar-refractivity contribution >= 4 is 23.4 Å². The summed E-state index contributed by atoms with van der Waals surface area (Å²) in [5.74, 6) is -0.585. The van der Waals surface area contributed by atoms with Crippen LogP contribution in [0.4, 0.5) is 14.9 Å². The van der Waals surface area contributed by atoms with E-state index in [1.807, 2.05) is 6.92 Å². The Kier molecular flexibility index (Phi) is 4.70. The van der Waals surface area contributed by atoms with Crippen LogP contribution < -0.4 is 4.90 Å². The number of hydrogen-bond acceptors (Lipinski definition) is 4. The lowest BCUT2D eigenvalue weighted by Gasteiger charge is -2.19. The molecule has 21 heavy (non-hydrogen) atoms. The molecular formula is C14H13ClFN3O2. The third-order valence-corrected chi connectivity index (χ3v) is 3.04. The lowest BCUT2D eigenvalue weighted by molar-refractivity contribution is 0.179. The van der Waals surface area contributed by atoms with Crippen LogP contribution in [0.3, 0.4) is 0 Å². The molecule has 1 aromatic carbocycles. The van der Waals surface area contributed by atoms with Crippen molar-refractivity contribution in [2.45, 2.75) is 6.92 Å². The smallest absolute Gasteiger partial charge is 0.413 e. The molecule has 0 spiro atoms. The molecule has 110 valence electrons. The van der Waals surface area contributed by atoms with Crippen LogP contribution in [0.1, 0.15) is 6.92 Å². The number of aromatic nitrogens is 2. The zero-order valence-corrected chi connectivity index (χ0v) is 12.3. The van der Waals surface area contributed by atoms with Crippen LogP contribution in [0.2, 0.25) is 5.28 Å². The lowest BCUT2D eigenvalue weighted by Crippen LogP contribution is -2.30. The number of amides is 1. The van der Waals surface area contributed by atoms with E-state index in [4.69, 9.17) is 16.3 Å². The molecule has 1 aromatic heterocycles. The van der Waals surface area contributed by atoms with Crippen molar-refractivity contribution in [3.05, 3.63) is 41.6 Å². The molecule has 0 unspecified atom stereocenters. The van der Waals surface area contributed by atoms with E-state index in [1.54, 1.807) is 24.3 Å². The summed E-state index contributed by atoms with van der Waals surface area (Å²) in [6.45, 7) is 2.23. The van der Waals surface area contributed by atoms with Gasteiger partial charge in [0.25, 0.3) is 0 Å². The summed E-state index contributed by atoms with van der Waals surface area (Å²) in [7, 11) is 1.30. The Morgan fingerprint density at radius 1 is 1.48 bits per heavy atom. The zero-order valence-electron chi connectivity index (χ0n) is 11.5. The molecule has 0 bridgehead atoms. The van der Waals surface area contributed by atoms with E-state index in [-0.39, 0.29) is 11.0 Å². The number of rotatable bonds is 3. The van der Waals surface area contributed by atoms with Crippen LogP contribution in [-0.4, -0.2) is 29.7 Å². The maximum absolute atomic E-state index is 13.8. The highest BCUT2D eigenvalue weighted by Crippen LogP contribution is 2.26. The molecule has 0 aliphatic carbocycles. The minimum absolute atomic E-state index is 0.0443. The quantitative estimate of drug-likeness (QED) is 0.814. The first kappa shape index (κ1) is 15.2. The minimum Gasteiger partial charge on any atom is -0.452 e. The van der Waals surface area contributed by atoms with E-state index >= 15 is 0 Å². The predicted octanol–water partition coefficient (Wildman–Crippen LogP) is 3.53. The van der Waals surface area contributed by atoms with Crippen LogP contribution in [0, 0.1) is 5.82 Å². The van der Waals surface area contributed by atoms with E-state index in [0.717, 1.165) is 6.20 Å². The van der Waals surface area contributed by atoms with Gasteiger partial charge in [-0.1, -0.05) is 12.1 Å². The van der Waals surface area contributed by atoms with E-state index in [0.29, 0.717) is 17.8 Å². The molecule has 7 heteroatoms. The molecule has 1 heterocycles. The van der Waals surface area contributed by atoms with Gasteiger partial charge < -0.3 is 4.74 Å². The van der Waals surface area contributed by atoms with Crippen molar-refractivity contribution in [1.29, 1.82) is 0 Å². The number of halogens is 2. The monoisotopic (exact) mass is 309 g/mol. The number of carbonyl (C=O) groups excluding carboxylic acids is 1. The van der Waals surface area contributed by atoms with Crippen molar-refractivity contribution in [2.75, 3.05) is 18.6 Å². The fraction of sp³-hybridized carbons (Fsp3) is 0.214. The molecular weight excluding hydrogens is 297 g/mol. The van der Waals surface area contributed by atoms with E-state index in [1.165, 1.54) is 12.0 Å². The Morgan fingerprint density at radius 2 is 2.24 bits per heavy atom. The fourth-order valence-corrected chi connectivity index (χ4v) is 2.03. The molecule has 1 amide bonds. The minimum atomic E-state index is -0.585. The Balaban J connectivity index is 2.46. The molecule has 0 N–H and O–H groups in total. The second kappa shape index (κ2) is 6.49. The highest BCUT2D eigenvalue weighted by Gasteiger charge is 2.16. The fourth-order valence-electron chi connectivity index (χ4n) is 1.90. The number of anilines is 1. The van der Waals surface area contributed by atoms with Crippen molar-refractivity contribution in [2.24, 2.45) is 0 Å². The average Bonchev–Trinajstić information content (AvgIpc) is 2.50. The SMILES string of the molecule is CCN(C(=O)OC)c1cccc(-c2nc(Cl)ncc2F)c1. The maximum Gasteiger partial charge on any atom is 0.413 e. The van der Waals surface area contributed by atoms with Gasteiger partial charge in [0, 0.05) is 17.8 Å². The predicted molar refractivity (Wildman–Crippen MR) is 77.9 cm³/mol. The highest BCUT2D eigenvalue weighted by molar-refractivity contribution is 6.28. The van der Waals surface area contributed by atoms with Gasteiger partial charge in [0.05, 0.1) is 13.3 Å². The molecule has 0 saturated heterocycles. The van der Waals surface area contributed by atoms with Crippen molar-refractivity contribution in [3.63, 3.8) is 0 Å². The first-order valence-electron chi connectivity index (χ1n) is 6.20. The van der Waals surface area contributed by atoms with Crippen molar-refractivity contribution in [3.8, 4) is 11.3 Å². The Hall–Kier alpha value is -2.21. The number of ether oxygens (including phenoxy) is 1. The van der Waals surface area contributed by atoms with E-state index in [9.17, 15) is 9.18 Å². The number of benzene rings is 1. The van der Waals surface area contributed by atoms with Gasteiger partial charge in [-0.3, -0.25) is 4.90 Å². The number of nitrogens with zero attached hydrogens (tertiary/aromatic N) is 3. The van der Waals surface area contributed by atoms with Crippen LogP contribution >= 0.6 is 11.6 Å². The third kappa shape index (κ3) is 3.28. The van der Waals surface area contributed by atoms with Gasteiger partial charge in [0.2, 0.25) is 5.28 Å². The van der Waals surface area contributed by atoms with Crippen LogP contribution in [0.5, 0.6) is 0 Å². The van der Waals surface area contributed by atoms with Gasteiger partial charge in [-0.2, -0.15) is 0 Å². The second-order valence-electron chi connectivity index (χ2n) is 4.10. The maximum atomic E-state index is 13.8. The summed E-state index contributed by atoms with van der Waals surface area (Å²) in [5.41, 5.74) is 1.16. The summed E-state index contributed by atoms with van der Waals surface area (Å²) in [6.07, 6.45) is 0.519. The molecule has 5 nitrogen and oxygen atoms in total. The van der Waals surface area contributed by atoms with Crippen LogP contribution in [0.15, 0.2) is 30.5 Å². The first-order chi connectivity index (χ1) is 10.1.